The first-order chi connectivity index (χ1) is 10.4. The molecule has 2 atom stereocenters. The lowest BCUT2D eigenvalue weighted by molar-refractivity contribution is -0.384. The third-order valence-electron chi connectivity index (χ3n) is 4.07. The molecule has 2 aliphatic heterocycles. The predicted molar refractivity (Wildman–Crippen MR) is 82.5 cm³/mol. The highest BCUT2D eigenvalue weighted by Gasteiger charge is 2.52. The van der Waals surface area contributed by atoms with Gasteiger partial charge in [0.1, 0.15) is 6.04 Å². The molecule has 3 rings (SSSR count). The Morgan fingerprint density at radius 1 is 1.55 bits per heavy atom. The average Bonchev–Trinajstić information content (AvgIpc) is 2.96. The van der Waals surface area contributed by atoms with Gasteiger partial charge in [-0.15, -0.1) is 11.8 Å². The lowest BCUT2D eigenvalue weighted by Crippen LogP contribution is -2.48. The van der Waals surface area contributed by atoms with Crippen LogP contribution in [0.1, 0.15) is 19.8 Å². The molecule has 0 aliphatic carbocycles. The maximum atomic E-state index is 12.4. The fraction of sp³-hybridized carbons (Fsp3) is 0.429. The van der Waals surface area contributed by atoms with Crippen LogP contribution in [0, 0.1) is 10.1 Å². The van der Waals surface area contributed by atoms with Crippen molar-refractivity contribution < 1.29 is 14.5 Å². The zero-order valence-electron chi connectivity index (χ0n) is 11.9. The molecule has 2 amide bonds. The maximum Gasteiger partial charge on any atom is 0.271 e. The van der Waals surface area contributed by atoms with Gasteiger partial charge in [0.05, 0.1) is 9.79 Å². The molecule has 0 radical (unpaired) electrons. The van der Waals surface area contributed by atoms with Crippen molar-refractivity contribution >= 4 is 35.0 Å². The molecule has 8 heteroatoms. The Morgan fingerprint density at radius 3 is 3.05 bits per heavy atom. The minimum atomic E-state index is -0.524. The van der Waals surface area contributed by atoms with E-state index in [9.17, 15) is 19.7 Å². The van der Waals surface area contributed by atoms with Crippen molar-refractivity contribution in [2.75, 3.05) is 11.1 Å². The van der Waals surface area contributed by atoms with Gasteiger partial charge in [0.15, 0.2) is 0 Å². The molecule has 2 fully saturated rings. The first-order valence-corrected chi connectivity index (χ1v) is 7.91. The molecule has 0 aromatic heterocycles. The Balaban J connectivity index is 1.77. The number of nitro groups is 1. The van der Waals surface area contributed by atoms with Crippen molar-refractivity contribution in [1.29, 1.82) is 0 Å². The second-order valence-electron chi connectivity index (χ2n) is 5.56. The highest BCUT2D eigenvalue weighted by atomic mass is 32.2. The van der Waals surface area contributed by atoms with E-state index in [1.54, 1.807) is 22.7 Å². The van der Waals surface area contributed by atoms with E-state index in [2.05, 4.69) is 5.32 Å². The van der Waals surface area contributed by atoms with E-state index in [-0.39, 0.29) is 22.4 Å². The van der Waals surface area contributed by atoms with E-state index in [1.807, 2.05) is 6.92 Å². The van der Waals surface area contributed by atoms with Crippen LogP contribution in [-0.2, 0) is 9.59 Å². The molecule has 0 saturated carbocycles. The number of hydrogen-bond donors (Lipinski definition) is 1. The van der Waals surface area contributed by atoms with Gasteiger partial charge in [-0.3, -0.25) is 19.7 Å². The second-order valence-corrected chi connectivity index (χ2v) is 7.06. The van der Waals surface area contributed by atoms with E-state index in [0.29, 0.717) is 17.9 Å². The fourth-order valence-corrected chi connectivity index (χ4v) is 4.37. The molecule has 116 valence electrons. The van der Waals surface area contributed by atoms with Crippen LogP contribution in [0.15, 0.2) is 24.3 Å². The topological polar surface area (TPSA) is 92.6 Å². The van der Waals surface area contributed by atoms with Crippen LogP contribution in [0.25, 0.3) is 0 Å². The Kier molecular flexibility index (Phi) is 3.56. The van der Waals surface area contributed by atoms with Crippen LogP contribution in [0.2, 0.25) is 0 Å². The SMILES string of the molecule is C[C@]12CCC(=O)N1[C@H](C(=O)Nc1cccc([N+](=O)[O-])c1)CS2. The van der Waals surface area contributed by atoms with Crippen molar-refractivity contribution in [2.45, 2.75) is 30.7 Å². The summed E-state index contributed by atoms with van der Waals surface area (Å²) < 4.78 is 0. The van der Waals surface area contributed by atoms with E-state index in [4.69, 9.17) is 0 Å². The standard InChI is InChI=1S/C14H15N3O4S/c1-14-6-5-12(18)16(14)11(8-22-14)13(19)15-9-3-2-4-10(7-9)17(20)21/h2-4,7,11H,5-6,8H2,1H3,(H,15,19)/t11-,14-/m0/s1. The minimum absolute atomic E-state index is 0.00769. The number of carbonyl (C=O) groups excluding carboxylic acids is 2. The third-order valence-corrected chi connectivity index (χ3v) is 5.58. The number of non-ortho nitro benzene ring substituents is 1. The van der Waals surface area contributed by atoms with Gasteiger partial charge in [-0.1, -0.05) is 6.07 Å². The van der Waals surface area contributed by atoms with Gasteiger partial charge in [0.25, 0.3) is 5.69 Å². The van der Waals surface area contributed by atoms with Crippen LogP contribution in [-0.4, -0.2) is 38.3 Å². The maximum absolute atomic E-state index is 12.4. The van der Waals surface area contributed by atoms with Gasteiger partial charge < -0.3 is 10.2 Å². The molecule has 2 saturated heterocycles. The molecule has 0 bridgehead atoms. The average molecular weight is 321 g/mol. The van der Waals surface area contributed by atoms with Crippen LogP contribution in [0.5, 0.6) is 0 Å². The smallest absolute Gasteiger partial charge is 0.271 e. The van der Waals surface area contributed by atoms with E-state index in [0.717, 1.165) is 6.42 Å². The summed E-state index contributed by atoms with van der Waals surface area (Å²) >= 11 is 1.61. The molecule has 22 heavy (non-hydrogen) atoms. The Morgan fingerprint density at radius 2 is 2.32 bits per heavy atom. The normalized spacial score (nSPS) is 26.9. The molecular formula is C14H15N3O4S. The van der Waals surface area contributed by atoms with Crippen LogP contribution >= 0.6 is 11.8 Å². The van der Waals surface area contributed by atoms with Crippen molar-refractivity contribution in [1.82, 2.24) is 4.90 Å². The molecular weight excluding hydrogens is 306 g/mol. The quantitative estimate of drug-likeness (QED) is 0.679. The molecule has 1 N–H and O–H groups in total. The summed E-state index contributed by atoms with van der Waals surface area (Å²) in [5.41, 5.74) is 0.283. The number of fused-ring (bicyclic) bond motifs is 1. The number of nitro benzene ring substituents is 1. The number of hydrogen-bond acceptors (Lipinski definition) is 5. The van der Waals surface area contributed by atoms with Crippen LogP contribution in [0.3, 0.4) is 0 Å². The summed E-state index contributed by atoms with van der Waals surface area (Å²) in [5.74, 6) is 0.238. The Labute approximate surface area is 131 Å². The molecule has 0 unspecified atom stereocenters. The van der Waals surface area contributed by atoms with Gasteiger partial charge >= 0.3 is 0 Å². The summed E-state index contributed by atoms with van der Waals surface area (Å²) in [7, 11) is 0. The first-order valence-electron chi connectivity index (χ1n) is 6.92. The summed E-state index contributed by atoms with van der Waals surface area (Å²) in [4.78, 5) is 36.1. The van der Waals surface area contributed by atoms with Crippen LogP contribution < -0.4 is 5.32 Å². The Bertz CT molecular complexity index is 665. The summed E-state index contributed by atoms with van der Waals surface area (Å²) in [6.07, 6.45) is 1.21. The summed E-state index contributed by atoms with van der Waals surface area (Å²) in [6, 6.07) is 5.26. The van der Waals surface area contributed by atoms with Gasteiger partial charge in [-0.05, 0) is 19.4 Å². The summed E-state index contributed by atoms with van der Waals surface area (Å²) in [5, 5.41) is 13.4. The minimum Gasteiger partial charge on any atom is -0.324 e. The predicted octanol–water partition coefficient (Wildman–Crippen LogP) is 1.99. The van der Waals surface area contributed by atoms with Crippen molar-refractivity contribution in [3.63, 3.8) is 0 Å². The van der Waals surface area contributed by atoms with Crippen LogP contribution in [0.4, 0.5) is 11.4 Å². The molecule has 7 nitrogen and oxygen atoms in total. The van der Waals surface area contributed by atoms with Crippen molar-refractivity contribution in [3.8, 4) is 0 Å². The monoisotopic (exact) mass is 321 g/mol. The molecule has 2 aliphatic rings. The number of nitrogens with one attached hydrogen (secondary N) is 1. The number of anilines is 1. The molecule has 2 heterocycles. The second kappa shape index (κ2) is 5.28. The number of rotatable bonds is 3. The zero-order chi connectivity index (χ0) is 15.9. The van der Waals surface area contributed by atoms with E-state index < -0.39 is 11.0 Å². The largest absolute Gasteiger partial charge is 0.324 e. The van der Waals surface area contributed by atoms with Gasteiger partial charge in [0.2, 0.25) is 11.8 Å². The lowest BCUT2D eigenvalue weighted by Gasteiger charge is -2.29. The number of thioether (sulfide) groups is 1. The molecule has 1 aromatic rings. The fourth-order valence-electron chi connectivity index (χ4n) is 2.94. The van der Waals surface area contributed by atoms with Gasteiger partial charge in [-0.2, -0.15) is 0 Å². The van der Waals surface area contributed by atoms with Gasteiger partial charge in [0, 0.05) is 30.0 Å². The Hall–Kier alpha value is -2.09. The number of carbonyl (C=O) groups is 2. The number of amides is 2. The van der Waals surface area contributed by atoms with E-state index in [1.165, 1.54) is 18.2 Å². The highest BCUT2D eigenvalue weighted by Crippen LogP contribution is 2.47. The summed E-state index contributed by atoms with van der Waals surface area (Å²) in [6.45, 7) is 1.98. The highest BCUT2D eigenvalue weighted by molar-refractivity contribution is 8.01. The number of nitrogens with zero attached hydrogens (tertiary/aromatic N) is 2. The van der Waals surface area contributed by atoms with Crippen molar-refractivity contribution in [3.05, 3.63) is 34.4 Å². The van der Waals surface area contributed by atoms with Crippen molar-refractivity contribution in [2.24, 2.45) is 0 Å². The number of benzene rings is 1. The zero-order valence-corrected chi connectivity index (χ0v) is 12.8. The van der Waals surface area contributed by atoms with E-state index >= 15 is 0 Å². The first kappa shape index (κ1) is 14.8. The lowest BCUT2D eigenvalue weighted by atomic mass is 10.2. The third kappa shape index (κ3) is 2.43. The molecule has 1 aromatic carbocycles. The van der Waals surface area contributed by atoms with Gasteiger partial charge in [-0.25, -0.2) is 0 Å². The molecule has 0 spiro atoms.